The molecule has 2 aromatic carbocycles. The topological polar surface area (TPSA) is 198 Å². The molecule has 0 bridgehead atoms. The smallest absolute Gasteiger partial charge is 0.376 e. The number of hydrogen-bond donors (Lipinski definition) is 2. The zero-order chi connectivity index (χ0) is 32.9. The van der Waals surface area contributed by atoms with Crippen molar-refractivity contribution in [3.63, 3.8) is 0 Å². The fraction of sp³-hybridized carbons (Fsp3) is 0.300. The summed E-state index contributed by atoms with van der Waals surface area (Å²) in [4.78, 5) is 80.7. The van der Waals surface area contributed by atoms with Crippen molar-refractivity contribution >= 4 is 51.9 Å². The molecule has 46 heavy (non-hydrogen) atoms. The molecular formula is C30H29N5O10S. The highest BCUT2D eigenvalue weighted by Crippen LogP contribution is 2.39. The summed E-state index contributed by atoms with van der Waals surface area (Å²) in [7, 11) is 1.20. The Morgan fingerprint density at radius 3 is 2.28 bits per heavy atom. The lowest BCUT2D eigenvalue weighted by Gasteiger charge is -2.35. The Morgan fingerprint density at radius 2 is 1.76 bits per heavy atom. The van der Waals surface area contributed by atoms with E-state index in [0.29, 0.717) is 16.2 Å². The van der Waals surface area contributed by atoms with E-state index in [4.69, 9.17) is 29.6 Å². The van der Waals surface area contributed by atoms with Gasteiger partial charge in [-0.25, -0.2) is 9.78 Å². The molecule has 5 rings (SSSR count). The van der Waals surface area contributed by atoms with Gasteiger partial charge < -0.3 is 30.1 Å². The predicted molar refractivity (Wildman–Crippen MR) is 159 cm³/mol. The summed E-state index contributed by atoms with van der Waals surface area (Å²) >= 11 is 1.04. The van der Waals surface area contributed by atoms with Gasteiger partial charge in [0.05, 0.1) is 6.42 Å². The molecule has 15 nitrogen and oxygen atoms in total. The van der Waals surface area contributed by atoms with E-state index >= 15 is 0 Å². The molecule has 2 aliphatic heterocycles. The Morgan fingerprint density at radius 1 is 1.11 bits per heavy atom. The van der Waals surface area contributed by atoms with Crippen LogP contribution in [0.3, 0.4) is 0 Å². The number of carbonyl (C=O) groups is 5. The highest BCUT2D eigenvalue weighted by Gasteiger charge is 2.64. The van der Waals surface area contributed by atoms with Crippen molar-refractivity contribution in [1.82, 2.24) is 15.4 Å². The number of carbonyl (C=O) groups excluding carboxylic acids is 5. The largest absolute Gasteiger partial charge is 0.463 e. The van der Waals surface area contributed by atoms with Crippen LogP contribution in [-0.2, 0) is 47.9 Å². The number of nitrogens with two attached hydrogens (primary N) is 1. The standard InChI is InChI=1S/C30H29N5O10S/c1-18(36)42-16-29(33-25(38)23(34-41-2)21-15-46-28(31)32-21)17-43-35(26(29)39)30(14-13-22(37)45-30)27(40)44-24(19-9-5-3-6-10-19)20-11-7-4-8-12-20/h3-12,15,24H,13-14,16-17H2,1-2H3,(H2,31,32)(H,33,38)/b34-23-/t29-,30?/m0/s1. The second-order valence-corrected chi connectivity index (χ2v) is 11.1. The predicted octanol–water partition coefficient (Wildman–Crippen LogP) is 1.63. The Bertz CT molecular complexity index is 1630. The fourth-order valence-corrected chi connectivity index (χ4v) is 5.44. The third kappa shape index (κ3) is 6.38. The molecule has 3 aromatic rings. The number of esters is 3. The molecule has 0 aliphatic carbocycles. The van der Waals surface area contributed by atoms with Gasteiger partial charge in [0.25, 0.3) is 11.8 Å². The number of aromatic nitrogens is 1. The maximum Gasteiger partial charge on any atom is 0.376 e. The summed E-state index contributed by atoms with van der Waals surface area (Å²) in [5, 5.41) is 8.36. The van der Waals surface area contributed by atoms with E-state index in [0.717, 1.165) is 18.3 Å². The average Bonchev–Trinajstić information content (AvgIpc) is 3.75. The molecule has 3 N–H and O–H groups in total. The van der Waals surface area contributed by atoms with Crippen molar-refractivity contribution in [1.29, 1.82) is 0 Å². The minimum Gasteiger partial charge on any atom is -0.463 e. The number of hydrogen-bond acceptors (Lipinski definition) is 14. The van der Waals surface area contributed by atoms with Crippen molar-refractivity contribution in [2.75, 3.05) is 26.1 Å². The number of nitrogens with zero attached hydrogens (tertiary/aromatic N) is 3. The molecule has 2 fully saturated rings. The second-order valence-electron chi connectivity index (χ2n) is 10.2. The van der Waals surface area contributed by atoms with E-state index in [1.165, 1.54) is 12.5 Å². The summed E-state index contributed by atoms with van der Waals surface area (Å²) in [6.07, 6.45) is -1.52. The van der Waals surface area contributed by atoms with Crippen molar-refractivity contribution in [3.05, 3.63) is 82.9 Å². The van der Waals surface area contributed by atoms with Crippen LogP contribution in [0.25, 0.3) is 0 Å². The third-order valence-corrected chi connectivity index (χ3v) is 7.77. The minimum absolute atomic E-state index is 0.0466. The number of thiazole rings is 1. The van der Waals surface area contributed by atoms with Crippen LogP contribution >= 0.6 is 11.3 Å². The Kier molecular flexibility index (Phi) is 9.29. The van der Waals surface area contributed by atoms with Crippen LogP contribution < -0.4 is 11.1 Å². The van der Waals surface area contributed by atoms with Crippen molar-refractivity contribution in [2.24, 2.45) is 5.16 Å². The Labute approximate surface area is 266 Å². The molecule has 1 aromatic heterocycles. The summed E-state index contributed by atoms with van der Waals surface area (Å²) < 4.78 is 16.6. The lowest BCUT2D eigenvalue weighted by molar-refractivity contribution is -0.260. The van der Waals surface area contributed by atoms with Gasteiger partial charge in [-0.2, -0.15) is 5.06 Å². The number of nitrogens with one attached hydrogen (secondary N) is 1. The number of hydroxylamine groups is 2. The second kappa shape index (κ2) is 13.3. The molecule has 2 aliphatic rings. The molecule has 2 amide bonds. The quantitative estimate of drug-likeness (QED) is 0.132. The van der Waals surface area contributed by atoms with Gasteiger partial charge in [-0.15, -0.1) is 11.3 Å². The molecule has 1 unspecified atom stereocenters. The van der Waals surface area contributed by atoms with Gasteiger partial charge in [0.15, 0.2) is 22.5 Å². The Hall–Kier alpha value is -5.35. The van der Waals surface area contributed by atoms with Crippen molar-refractivity contribution in [3.8, 4) is 0 Å². The monoisotopic (exact) mass is 651 g/mol. The molecule has 16 heteroatoms. The highest BCUT2D eigenvalue weighted by atomic mass is 32.1. The summed E-state index contributed by atoms with van der Waals surface area (Å²) in [6, 6.07) is 17.7. The number of rotatable bonds is 11. The number of anilines is 1. The van der Waals surface area contributed by atoms with Crippen LogP contribution in [0.5, 0.6) is 0 Å². The number of oxime groups is 1. The van der Waals surface area contributed by atoms with E-state index in [1.807, 2.05) is 0 Å². The lowest BCUT2D eigenvalue weighted by Crippen LogP contribution is -2.64. The normalized spacial score (nSPS) is 21.2. The van der Waals surface area contributed by atoms with Crippen LogP contribution in [0, 0.1) is 0 Å². The van der Waals surface area contributed by atoms with Gasteiger partial charge in [-0.1, -0.05) is 65.8 Å². The number of benzene rings is 2. The van der Waals surface area contributed by atoms with Gasteiger partial charge in [0, 0.05) is 18.7 Å². The first-order valence-corrected chi connectivity index (χ1v) is 14.8. The molecule has 3 heterocycles. The number of ether oxygens (including phenoxy) is 3. The van der Waals surface area contributed by atoms with Gasteiger partial charge in [-0.05, 0) is 11.1 Å². The third-order valence-electron chi connectivity index (χ3n) is 7.10. The van der Waals surface area contributed by atoms with Crippen molar-refractivity contribution in [2.45, 2.75) is 37.1 Å². The molecule has 2 atom stereocenters. The van der Waals surface area contributed by atoms with Gasteiger partial charge in [-0.3, -0.25) is 24.0 Å². The van der Waals surface area contributed by atoms with E-state index in [2.05, 4.69) is 15.5 Å². The lowest BCUT2D eigenvalue weighted by atomic mass is 9.98. The number of nitrogen functional groups attached to an aromatic ring is 1. The van der Waals surface area contributed by atoms with E-state index in [1.54, 1.807) is 60.7 Å². The first-order valence-electron chi connectivity index (χ1n) is 13.9. The maximum absolute atomic E-state index is 14.2. The summed E-state index contributed by atoms with van der Waals surface area (Å²) in [6.45, 7) is -0.231. The molecule has 0 saturated carbocycles. The van der Waals surface area contributed by atoms with Crippen LogP contribution in [0.1, 0.15) is 42.7 Å². The average molecular weight is 652 g/mol. The van der Waals surface area contributed by atoms with E-state index < -0.39 is 60.3 Å². The maximum atomic E-state index is 14.2. The molecular weight excluding hydrogens is 622 g/mol. The van der Waals surface area contributed by atoms with Gasteiger partial charge in [0.2, 0.25) is 0 Å². The number of cyclic esters (lactones) is 1. The summed E-state index contributed by atoms with van der Waals surface area (Å²) in [5.74, 6) is -4.68. The summed E-state index contributed by atoms with van der Waals surface area (Å²) in [5.41, 5.74) is 2.16. The van der Waals surface area contributed by atoms with Crippen LogP contribution in [0.4, 0.5) is 5.13 Å². The minimum atomic E-state index is -2.37. The van der Waals surface area contributed by atoms with E-state index in [9.17, 15) is 24.0 Å². The molecule has 240 valence electrons. The van der Waals surface area contributed by atoms with Crippen LogP contribution in [-0.4, -0.2) is 77.1 Å². The SMILES string of the molecule is CO/N=C(\C(=O)N[C@@]1(COC(C)=O)CON(C2(C(=O)OC(c3ccccc3)c3ccccc3)CCC(=O)O2)C1=O)c1csc(N)n1. The first-order chi connectivity index (χ1) is 22.1. The zero-order valence-electron chi connectivity index (χ0n) is 24.7. The highest BCUT2D eigenvalue weighted by molar-refractivity contribution is 7.13. The van der Waals surface area contributed by atoms with Crippen molar-refractivity contribution < 1.29 is 47.9 Å². The van der Waals surface area contributed by atoms with Crippen LogP contribution in [0.15, 0.2) is 71.2 Å². The van der Waals surface area contributed by atoms with Gasteiger partial charge >= 0.3 is 23.6 Å². The molecule has 0 radical (unpaired) electrons. The number of amides is 2. The fourth-order valence-electron chi connectivity index (χ4n) is 4.90. The molecule has 2 saturated heterocycles. The van der Waals surface area contributed by atoms with E-state index in [-0.39, 0.29) is 29.4 Å². The van der Waals surface area contributed by atoms with Gasteiger partial charge in [0.1, 0.15) is 26.0 Å². The first kappa shape index (κ1) is 32.1. The molecule has 0 spiro atoms. The Balaban J connectivity index is 1.48. The zero-order valence-corrected chi connectivity index (χ0v) is 25.5. The van der Waals surface area contributed by atoms with Crippen LogP contribution in [0.2, 0.25) is 0 Å².